The molecule has 0 atom stereocenters. The molecule has 0 aliphatic rings. The van der Waals surface area contributed by atoms with Gasteiger partial charge in [-0.15, -0.1) is 6.58 Å². The third kappa shape index (κ3) is 2.93. The van der Waals surface area contributed by atoms with E-state index in [0.29, 0.717) is 0 Å². The van der Waals surface area contributed by atoms with E-state index in [-0.39, 0.29) is 0 Å². The van der Waals surface area contributed by atoms with Gasteiger partial charge in [-0.2, -0.15) is 0 Å². The Morgan fingerprint density at radius 1 is 1.47 bits per heavy atom. The predicted molar refractivity (Wildman–Crippen MR) is 67.6 cm³/mol. The SMILES string of the molecule is C=CCc1[nH]c(=S)n(C)c1CC=C(C)C. The highest BCUT2D eigenvalue weighted by Gasteiger charge is 2.06. The molecule has 1 aromatic rings. The summed E-state index contributed by atoms with van der Waals surface area (Å²) in [7, 11) is 2.00. The molecule has 0 bridgehead atoms. The van der Waals surface area contributed by atoms with Gasteiger partial charge in [0, 0.05) is 31.3 Å². The number of imidazole rings is 1. The van der Waals surface area contributed by atoms with Crippen LogP contribution in [0.2, 0.25) is 0 Å². The van der Waals surface area contributed by atoms with E-state index in [4.69, 9.17) is 12.2 Å². The second kappa shape index (κ2) is 5.12. The standard InChI is InChI=1S/C12H18N2S/c1-5-6-10-11(8-7-9(2)3)14(4)12(15)13-10/h5,7H,1,6,8H2,2-4H3,(H,13,15). The number of hydrogen-bond donors (Lipinski definition) is 1. The molecular weight excluding hydrogens is 204 g/mol. The third-order valence-electron chi connectivity index (χ3n) is 2.37. The van der Waals surface area contributed by atoms with Crippen molar-refractivity contribution in [1.29, 1.82) is 0 Å². The molecule has 0 fully saturated rings. The maximum Gasteiger partial charge on any atom is 0.177 e. The van der Waals surface area contributed by atoms with Crippen LogP contribution in [0.5, 0.6) is 0 Å². The first-order valence-electron chi connectivity index (χ1n) is 5.07. The zero-order valence-electron chi connectivity index (χ0n) is 9.63. The summed E-state index contributed by atoms with van der Waals surface area (Å²) in [6, 6.07) is 0. The lowest BCUT2D eigenvalue weighted by Gasteiger charge is -2.02. The van der Waals surface area contributed by atoms with Gasteiger partial charge in [0.15, 0.2) is 4.77 Å². The van der Waals surface area contributed by atoms with Crippen LogP contribution in [0.25, 0.3) is 0 Å². The van der Waals surface area contributed by atoms with Crippen molar-refractivity contribution in [3.63, 3.8) is 0 Å². The van der Waals surface area contributed by atoms with E-state index in [2.05, 4.69) is 31.5 Å². The van der Waals surface area contributed by atoms with E-state index in [1.807, 2.05) is 17.7 Å². The smallest absolute Gasteiger partial charge is 0.177 e. The summed E-state index contributed by atoms with van der Waals surface area (Å²) in [6.45, 7) is 7.96. The Morgan fingerprint density at radius 2 is 2.13 bits per heavy atom. The van der Waals surface area contributed by atoms with Gasteiger partial charge in [-0.1, -0.05) is 17.7 Å². The van der Waals surface area contributed by atoms with Gasteiger partial charge in [0.1, 0.15) is 0 Å². The molecule has 0 spiro atoms. The van der Waals surface area contributed by atoms with Crippen LogP contribution in [0.3, 0.4) is 0 Å². The third-order valence-corrected chi connectivity index (χ3v) is 2.74. The fraction of sp³-hybridized carbons (Fsp3) is 0.417. The van der Waals surface area contributed by atoms with Crippen molar-refractivity contribution in [2.24, 2.45) is 7.05 Å². The van der Waals surface area contributed by atoms with Crippen LogP contribution in [0.15, 0.2) is 24.3 Å². The number of hydrogen-bond acceptors (Lipinski definition) is 1. The number of rotatable bonds is 4. The lowest BCUT2D eigenvalue weighted by atomic mass is 10.1. The summed E-state index contributed by atoms with van der Waals surface area (Å²) in [5.74, 6) is 0. The number of nitrogens with zero attached hydrogens (tertiary/aromatic N) is 1. The minimum absolute atomic E-state index is 0.781. The summed E-state index contributed by atoms with van der Waals surface area (Å²) in [6.07, 6.45) is 5.88. The number of nitrogens with one attached hydrogen (secondary N) is 1. The molecule has 0 aliphatic heterocycles. The first kappa shape index (κ1) is 12.0. The average Bonchev–Trinajstić information content (AvgIpc) is 2.41. The summed E-state index contributed by atoms with van der Waals surface area (Å²) in [5, 5.41) is 0. The highest BCUT2D eigenvalue weighted by Crippen LogP contribution is 2.11. The summed E-state index contributed by atoms with van der Waals surface area (Å²) < 4.78 is 2.82. The van der Waals surface area contributed by atoms with E-state index >= 15 is 0 Å². The molecule has 3 heteroatoms. The first-order valence-corrected chi connectivity index (χ1v) is 5.48. The molecule has 2 nitrogen and oxygen atoms in total. The minimum Gasteiger partial charge on any atom is -0.334 e. The molecule has 0 aliphatic carbocycles. The Hall–Kier alpha value is -1.09. The first-order chi connectivity index (χ1) is 7.06. The van der Waals surface area contributed by atoms with Crippen molar-refractivity contribution in [2.45, 2.75) is 26.7 Å². The molecule has 0 amide bonds. The largest absolute Gasteiger partial charge is 0.334 e. The second-order valence-corrected chi connectivity index (χ2v) is 4.28. The molecule has 0 aromatic carbocycles. The topological polar surface area (TPSA) is 20.7 Å². The van der Waals surface area contributed by atoms with E-state index in [1.54, 1.807) is 0 Å². The number of aromatic nitrogens is 2. The lowest BCUT2D eigenvalue weighted by molar-refractivity contribution is 0.831. The Labute approximate surface area is 96.3 Å². The molecule has 15 heavy (non-hydrogen) atoms. The molecular formula is C12H18N2S. The Morgan fingerprint density at radius 3 is 2.67 bits per heavy atom. The maximum atomic E-state index is 5.21. The van der Waals surface area contributed by atoms with Gasteiger partial charge in [0.05, 0.1) is 0 Å². The van der Waals surface area contributed by atoms with E-state index in [9.17, 15) is 0 Å². The van der Waals surface area contributed by atoms with E-state index < -0.39 is 0 Å². The monoisotopic (exact) mass is 222 g/mol. The van der Waals surface area contributed by atoms with Gasteiger partial charge in [-0.25, -0.2) is 0 Å². The molecule has 1 rings (SSSR count). The fourth-order valence-corrected chi connectivity index (χ4v) is 1.72. The zero-order chi connectivity index (χ0) is 11.4. The maximum absolute atomic E-state index is 5.21. The summed E-state index contributed by atoms with van der Waals surface area (Å²) in [5.41, 5.74) is 3.75. The van der Waals surface area contributed by atoms with Crippen LogP contribution >= 0.6 is 12.2 Å². The van der Waals surface area contributed by atoms with Crippen molar-refractivity contribution in [1.82, 2.24) is 9.55 Å². The van der Waals surface area contributed by atoms with Crippen LogP contribution in [0.4, 0.5) is 0 Å². The Kier molecular flexibility index (Phi) is 4.09. The average molecular weight is 222 g/mol. The fourth-order valence-electron chi connectivity index (χ4n) is 1.48. The number of H-pyrrole nitrogens is 1. The van der Waals surface area contributed by atoms with Crippen molar-refractivity contribution in [2.75, 3.05) is 0 Å². The molecule has 0 unspecified atom stereocenters. The van der Waals surface area contributed by atoms with Crippen LogP contribution < -0.4 is 0 Å². The highest BCUT2D eigenvalue weighted by atomic mass is 32.1. The summed E-state index contributed by atoms with van der Waals surface area (Å²) in [4.78, 5) is 3.21. The minimum atomic E-state index is 0.781. The van der Waals surface area contributed by atoms with Crippen molar-refractivity contribution >= 4 is 12.2 Å². The van der Waals surface area contributed by atoms with Crippen molar-refractivity contribution < 1.29 is 0 Å². The van der Waals surface area contributed by atoms with Gasteiger partial charge >= 0.3 is 0 Å². The lowest BCUT2D eigenvalue weighted by Crippen LogP contribution is -1.98. The van der Waals surface area contributed by atoms with Crippen LogP contribution in [0, 0.1) is 4.77 Å². The molecule has 0 saturated carbocycles. The summed E-state index contributed by atoms with van der Waals surface area (Å²) >= 11 is 5.21. The molecule has 0 radical (unpaired) electrons. The molecule has 82 valence electrons. The van der Waals surface area contributed by atoms with Crippen molar-refractivity contribution in [3.8, 4) is 0 Å². The van der Waals surface area contributed by atoms with Gasteiger partial charge in [0.2, 0.25) is 0 Å². The molecule has 1 N–H and O–H groups in total. The second-order valence-electron chi connectivity index (χ2n) is 3.89. The van der Waals surface area contributed by atoms with E-state index in [0.717, 1.165) is 17.6 Å². The normalized spacial score (nSPS) is 10.1. The van der Waals surface area contributed by atoms with E-state index in [1.165, 1.54) is 17.0 Å². The molecule has 1 aromatic heterocycles. The molecule has 0 saturated heterocycles. The quantitative estimate of drug-likeness (QED) is 0.612. The Balaban J connectivity index is 3.07. The number of aromatic amines is 1. The van der Waals surface area contributed by atoms with Gasteiger partial charge in [-0.3, -0.25) is 0 Å². The van der Waals surface area contributed by atoms with Gasteiger partial charge in [0.25, 0.3) is 0 Å². The van der Waals surface area contributed by atoms with Crippen LogP contribution in [-0.2, 0) is 19.9 Å². The van der Waals surface area contributed by atoms with Gasteiger partial charge in [-0.05, 0) is 26.1 Å². The molecule has 1 heterocycles. The van der Waals surface area contributed by atoms with Crippen molar-refractivity contribution in [3.05, 3.63) is 40.5 Å². The zero-order valence-corrected chi connectivity index (χ0v) is 10.4. The number of allylic oxidation sites excluding steroid dienone is 3. The highest BCUT2D eigenvalue weighted by molar-refractivity contribution is 7.71. The van der Waals surface area contributed by atoms with Crippen LogP contribution in [-0.4, -0.2) is 9.55 Å². The predicted octanol–water partition coefficient (Wildman–Crippen LogP) is 3.32. The Bertz CT molecular complexity index is 431. The van der Waals surface area contributed by atoms with Gasteiger partial charge < -0.3 is 9.55 Å². The van der Waals surface area contributed by atoms with Crippen LogP contribution in [0.1, 0.15) is 25.2 Å².